The number of ether oxygens (including phenoxy) is 2. The maximum atomic E-state index is 14.2. The molecule has 1 aromatic heterocycles. The minimum absolute atomic E-state index is 0.0750. The summed E-state index contributed by atoms with van der Waals surface area (Å²) < 4.78 is 13.2. The van der Waals surface area contributed by atoms with E-state index >= 15 is 0 Å². The van der Waals surface area contributed by atoms with Gasteiger partial charge < -0.3 is 25.6 Å². The molecule has 4 bridgehead atoms. The van der Waals surface area contributed by atoms with E-state index < -0.39 is 23.5 Å². The van der Waals surface area contributed by atoms with E-state index in [1.165, 1.54) is 6.92 Å². The number of aromatic nitrogens is 2. The fourth-order valence-electron chi connectivity index (χ4n) is 8.73. The van der Waals surface area contributed by atoms with E-state index in [9.17, 15) is 19.5 Å². The minimum Gasteiger partial charge on any atom is -0.496 e. The van der Waals surface area contributed by atoms with Crippen LogP contribution in [0.3, 0.4) is 0 Å². The van der Waals surface area contributed by atoms with Gasteiger partial charge in [0, 0.05) is 5.39 Å². The Morgan fingerprint density at radius 2 is 1.52 bits per heavy atom. The zero-order valence-electron chi connectivity index (χ0n) is 26.2. The van der Waals surface area contributed by atoms with Gasteiger partial charge in [0.2, 0.25) is 0 Å². The molecule has 4 saturated carbocycles. The molecule has 3 aromatic carbocycles. The largest absolute Gasteiger partial charge is 0.496 e. The number of aliphatic carboxylic acids is 1. The van der Waals surface area contributed by atoms with E-state index in [0.29, 0.717) is 45.8 Å². The van der Waals surface area contributed by atoms with Crippen molar-refractivity contribution < 1.29 is 29.0 Å². The number of nitrogens with one attached hydrogen (secondary N) is 1. The minimum atomic E-state index is -1.33. The van der Waals surface area contributed by atoms with Gasteiger partial charge in [-0.1, -0.05) is 36.4 Å². The van der Waals surface area contributed by atoms with Crippen LogP contribution in [0.4, 0.5) is 0 Å². The topological polar surface area (TPSA) is 146 Å². The summed E-state index contributed by atoms with van der Waals surface area (Å²) in [5.41, 5.74) is 7.47. The van der Waals surface area contributed by atoms with Crippen molar-refractivity contribution in [2.24, 2.45) is 29.4 Å². The summed E-state index contributed by atoms with van der Waals surface area (Å²) in [6.45, 7) is 1.46. The molecule has 4 N–H and O–H groups in total. The number of rotatable bonds is 9. The molecule has 4 aliphatic carbocycles. The molecule has 10 nitrogen and oxygen atoms in total. The van der Waals surface area contributed by atoms with Crippen LogP contribution < -0.4 is 20.5 Å². The molecule has 0 spiro atoms. The molecule has 10 heteroatoms. The Morgan fingerprint density at radius 3 is 2.09 bits per heavy atom. The highest BCUT2D eigenvalue weighted by molar-refractivity contribution is 6.00. The Balaban J connectivity index is 1.40. The molecule has 0 radical (unpaired) electrons. The van der Waals surface area contributed by atoms with Crippen LogP contribution in [0.5, 0.6) is 11.5 Å². The molecule has 46 heavy (non-hydrogen) atoms. The normalized spacial score (nSPS) is 25.3. The summed E-state index contributed by atoms with van der Waals surface area (Å²) in [7, 11) is 3.12. The van der Waals surface area contributed by atoms with Crippen LogP contribution in [-0.2, 0) is 9.59 Å². The first-order valence-electron chi connectivity index (χ1n) is 15.8. The smallest absolute Gasteiger partial charge is 0.330 e. The van der Waals surface area contributed by atoms with Crippen LogP contribution in [0.2, 0.25) is 0 Å². The van der Waals surface area contributed by atoms with Gasteiger partial charge in [0.25, 0.3) is 5.91 Å². The summed E-state index contributed by atoms with van der Waals surface area (Å²) in [5, 5.41) is 20.1. The SMILES string of the molecule is COc1cccc(OC)c1-c1cc(C(=O)NC2(C(=O)O)C3CC4CC(C3)CC2C4)nn1-c1ccc(C(N)C(C)=O)c2ccccc12. The van der Waals surface area contributed by atoms with Gasteiger partial charge in [0.15, 0.2) is 11.5 Å². The third kappa shape index (κ3) is 4.57. The lowest BCUT2D eigenvalue weighted by Crippen LogP contribution is -2.70. The van der Waals surface area contributed by atoms with Gasteiger partial charge in [-0.3, -0.25) is 9.59 Å². The van der Waals surface area contributed by atoms with Crippen molar-refractivity contribution in [3.8, 4) is 28.4 Å². The van der Waals surface area contributed by atoms with Gasteiger partial charge in [-0.15, -0.1) is 0 Å². The maximum Gasteiger partial charge on any atom is 0.330 e. The zero-order valence-corrected chi connectivity index (χ0v) is 26.2. The predicted octanol–water partition coefficient (Wildman–Crippen LogP) is 5.31. The zero-order chi connectivity index (χ0) is 32.3. The molecular weight excluding hydrogens is 584 g/mol. The van der Waals surface area contributed by atoms with Gasteiger partial charge >= 0.3 is 5.97 Å². The average molecular weight is 623 g/mol. The number of benzene rings is 3. The van der Waals surface area contributed by atoms with Crippen molar-refractivity contribution in [1.82, 2.24) is 15.1 Å². The van der Waals surface area contributed by atoms with Crippen molar-refractivity contribution in [3.05, 3.63) is 71.9 Å². The molecule has 1 heterocycles. The Labute approximate surface area is 266 Å². The van der Waals surface area contributed by atoms with Crippen LogP contribution in [0.1, 0.15) is 61.1 Å². The number of hydrogen-bond donors (Lipinski definition) is 3. The number of nitrogens with two attached hydrogens (primary N) is 1. The fourth-order valence-corrected chi connectivity index (χ4v) is 8.73. The number of methoxy groups -OCH3 is 2. The summed E-state index contributed by atoms with van der Waals surface area (Å²) >= 11 is 0. The molecule has 4 fully saturated rings. The Morgan fingerprint density at radius 1 is 0.913 bits per heavy atom. The molecule has 1 atom stereocenters. The number of carbonyl (C=O) groups is 3. The van der Waals surface area contributed by atoms with E-state index in [2.05, 4.69) is 5.32 Å². The van der Waals surface area contributed by atoms with Crippen molar-refractivity contribution in [3.63, 3.8) is 0 Å². The number of carbonyl (C=O) groups excluding carboxylic acids is 2. The number of hydrogen-bond acceptors (Lipinski definition) is 7. The number of carboxylic acid groups (broad SMARTS) is 1. The van der Waals surface area contributed by atoms with Gasteiger partial charge in [-0.25, -0.2) is 9.48 Å². The van der Waals surface area contributed by atoms with Crippen molar-refractivity contribution in [2.45, 2.75) is 50.6 Å². The number of fused-ring (bicyclic) bond motifs is 1. The summed E-state index contributed by atoms with van der Waals surface area (Å²) in [6, 6.07) is 17.5. The molecule has 238 valence electrons. The molecule has 0 aliphatic heterocycles. The highest BCUT2D eigenvalue weighted by Crippen LogP contribution is 2.58. The monoisotopic (exact) mass is 622 g/mol. The molecule has 8 rings (SSSR count). The third-order valence-electron chi connectivity index (χ3n) is 10.7. The number of amides is 1. The Hall–Kier alpha value is -4.70. The highest BCUT2D eigenvalue weighted by Gasteiger charge is 2.62. The number of nitrogens with zero attached hydrogens (tertiary/aromatic N) is 2. The molecule has 0 saturated heterocycles. The van der Waals surface area contributed by atoms with E-state index in [0.717, 1.165) is 42.9 Å². The van der Waals surface area contributed by atoms with E-state index in [1.807, 2.05) is 42.5 Å². The number of carboxylic acids is 1. The Kier molecular flexibility index (Phi) is 7.35. The lowest BCUT2D eigenvalue weighted by molar-refractivity contribution is -0.163. The van der Waals surface area contributed by atoms with E-state index in [-0.39, 0.29) is 23.3 Å². The predicted molar refractivity (Wildman–Crippen MR) is 172 cm³/mol. The lowest BCUT2D eigenvalue weighted by Gasteiger charge is -2.59. The molecule has 1 unspecified atom stereocenters. The molecule has 4 aliphatic rings. The van der Waals surface area contributed by atoms with Crippen LogP contribution in [-0.4, -0.2) is 52.3 Å². The van der Waals surface area contributed by atoms with Crippen LogP contribution >= 0.6 is 0 Å². The third-order valence-corrected chi connectivity index (χ3v) is 10.7. The average Bonchev–Trinajstić information content (AvgIpc) is 3.49. The van der Waals surface area contributed by atoms with E-state index in [4.69, 9.17) is 20.3 Å². The quantitative estimate of drug-likeness (QED) is 0.228. The van der Waals surface area contributed by atoms with Crippen LogP contribution in [0.15, 0.2) is 60.7 Å². The summed E-state index contributed by atoms with van der Waals surface area (Å²) in [6.07, 6.45) is 4.43. The van der Waals surface area contributed by atoms with Gasteiger partial charge in [-0.05, 0) is 97.9 Å². The second-order valence-corrected chi connectivity index (χ2v) is 13.1. The molecule has 1 amide bonds. The maximum absolute atomic E-state index is 14.2. The second-order valence-electron chi connectivity index (χ2n) is 13.1. The number of ketones is 1. The standard InChI is InChI=1S/C36H38N4O6/c1-19(41)33(37)26-11-12-28(25-8-5-4-7-24(25)26)40-29(32-30(45-2)9-6-10-31(32)46-3)18-27(39-40)34(42)38-36(35(43)44)22-14-20-13-21(16-22)17-23(36)15-20/h4-12,18,20-23,33H,13-17,37H2,1-3H3,(H,38,42)(H,43,44). The number of Topliss-reactive ketones (excluding diaryl/α,β-unsaturated/α-hetero) is 1. The Bertz CT molecular complexity index is 1830. The van der Waals surface area contributed by atoms with Crippen molar-refractivity contribution in [2.75, 3.05) is 14.2 Å². The van der Waals surface area contributed by atoms with Gasteiger partial charge in [0.1, 0.15) is 17.0 Å². The van der Waals surface area contributed by atoms with Crippen molar-refractivity contribution >= 4 is 28.4 Å². The summed E-state index contributed by atoms with van der Waals surface area (Å²) in [5.74, 6) is 0.196. The lowest BCUT2D eigenvalue weighted by atomic mass is 9.48. The first kappa shape index (κ1) is 30.0. The van der Waals surface area contributed by atoms with Gasteiger partial charge in [-0.2, -0.15) is 5.10 Å². The molecule has 4 aromatic rings. The van der Waals surface area contributed by atoms with E-state index in [1.54, 1.807) is 37.1 Å². The van der Waals surface area contributed by atoms with Crippen LogP contribution in [0.25, 0.3) is 27.7 Å². The second kappa shape index (κ2) is 11.3. The fraction of sp³-hybridized carbons (Fsp3) is 0.389. The van der Waals surface area contributed by atoms with Crippen molar-refractivity contribution in [1.29, 1.82) is 0 Å². The first-order valence-corrected chi connectivity index (χ1v) is 15.8. The highest BCUT2D eigenvalue weighted by atomic mass is 16.5. The van der Waals surface area contributed by atoms with Gasteiger partial charge in [0.05, 0.1) is 37.2 Å². The van der Waals surface area contributed by atoms with Crippen LogP contribution in [0, 0.1) is 23.7 Å². The molecular formula is C36H38N4O6. The first-order chi connectivity index (χ1) is 22.2. The summed E-state index contributed by atoms with van der Waals surface area (Å²) in [4.78, 5) is 39.5.